The number of halogens is 3. The molecule has 2 heterocycles. The summed E-state index contributed by atoms with van der Waals surface area (Å²) in [4.78, 5) is 32.6. The van der Waals surface area contributed by atoms with Crippen molar-refractivity contribution in [1.29, 1.82) is 0 Å². The second-order valence-electron chi connectivity index (χ2n) is 8.67. The Morgan fingerprint density at radius 3 is 2.46 bits per heavy atom. The largest absolute Gasteiger partial charge is 0.497 e. The van der Waals surface area contributed by atoms with Crippen LogP contribution in [0, 0.1) is 0 Å². The van der Waals surface area contributed by atoms with Gasteiger partial charge in [0.05, 0.1) is 35.8 Å². The molecule has 5 rings (SSSR count). The number of rotatable bonds is 7. The molecule has 0 aliphatic carbocycles. The molecule has 0 saturated carbocycles. The second kappa shape index (κ2) is 9.61. The van der Waals surface area contributed by atoms with E-state index in [0.29, 0.717) is 29.9 Å². The number of anilines is 2. The summed E-state index contributed by atoms with van der Waals surface area (Å²) in [6.45, 7) is 0.323. The zero-order valence-electron chi connectivity index (χ0n) is 19.8. The summed E-state index contributed by atoms with van der Waals surface area (Å²) in [7, 11) is 1.58. The minimum atomic E-state index is -4.63. The molecule has 1 atom stereocenters. The van der Waals surface area contributed by atoms with Gasteiger partial charge in [0.25, 0.3) is 5.91 Å². The highest BCUT2D eigenvalue weighted by Crippen LogP contribution is 2.38. The molecule has 7 nitrogen and oxygen atoms in total. The maximum Gasteiger partial charge on any atom is 0.418 e. The summed E-state index contributed by atoms with van der Waals surface area (Å²) < 4.78 is 47.0. The molecule has 190 valence electrons. The van der Waals surface area contributed by atoms with E-state index in [4.69, 9.17) is 4.74 Å². The van der Waals surface area contributed by atoms with Crippen LogP contribution in [0.5, 0.6) is 5.75 Å². The van der Waals surface area contributed by atoms with Gasteiger partial charge in [0.15, 0.2) is 0 Å². The lowest BCUT2D eigenvalue weighted by Gasteiger charge is -2.17. The lowest BCUT2D eigenvalue weighted by Crippen LogP contribution is -2.33. The first-order chi connectivity index (χ1) is 17.8. The van der Waals surface area contributed by atoms with Crippen molar-refractivity contribution in [2.75, 3.05) is 23.9 Å². The predicted molar refractivity (Wildman–Crippen MR) is 133 cm³/mol. The third-order valence-corrected chi connectivity index (χ3v) is 6.35. The number of imidazole rings is 1. The van der Waals surface area contributed by atoms with Crippen LogP contribution in [-0.2, 0) is 22.2 Å². The molecule has 37 heavy (non-hydrogen) atoms. The molecule has 1 aliphatic rings. The van der Waals surface area contributed by atoms with Crippen LogP contribution >= 0.6 is 0 Å². The van der Waals surface area contributed by atoms with Crippen molar-refractivity contribution < 1.29 is 27.5 Å². The van der Waals surface area contributed by atoms with Crippen LogP contribution < -0.4 is 15.0 Å². The third kappa shape index (κ3) is 4.74. The number of hydrogen-bond acceptors (Lipinski definition) is 4. The molecule has 0 fully saturated rings. The number of carbonyl (C=O) groups is 2. The fraction of sp³-hybridized carbons (Fsp3) is 0.222. The Morgan fingerprint density at radius 2 is 1.73 bits per heavy atom. The summed E-state index contributed by atoms with van der Waals surface area (Å²) in [5.74, 6) is 0.103. The maximum absolute atomic E-state index is 13.5. The van der Waals surface area contributed by atoms with Crippen LogP contribution in [0.15, 0.2) is 72.8 Å². The van der Waals surface area contributed by atoms with E-state index in [1.54, 1.807) is 23.8 Å². The van der Waals surface area contributed by atoms with Crippen molar-refractivity contribution in [1.82, 2.24) is 9.55 Å². The first-order valence-electron chi connectivity index (χ1n) is 11.6. The van der Waals surface area contributed by atoms with E-state index in [1.807, 2.05) is 36.4 Å². The fourth-order valence-electron chi connectivity index (χ4n) is 4.56. The number of hydrogen-bond donors (Lipinski definition) is 1. The topological polar surface area (TPSA) is 76.5 Å². The molecular weight excluding hydrogens is 485 g/mol. The van der Waals surface area contributed by atoms with E-state index in [9.17, 15) is 22.8 Å². The van der Waals surface area contributed by atoms with E-state index in [0.717, 1.165) is 17.4 Å². The van der Waals surface area contributed by atoms with Gasteiger partial charge in [-0.2, -0.15) is 13.2 Å². The smallest absolute Gasteiger partial charge is 0.418 e. The van der Waals surface area contributed by atoms with Gasteiger partial charge in [0, 0.05) is 6.54 Å². The lowest BCUT2D eigenvalue weighted by atomic mass is 10.1. The van der Waals surface area contributed by atoms with Gasteiger partial charge >= 0.3 is 6.18 Å². The summed E-state index contributed by atoms with van der Waals surface area (Å²) in [6.07, 6.45) is -4.42. The Morgan fingerprint density at radius 1 is 1.03 bits per heavy atom. The number of aromatic nitrogens is 2. The monoisotopic (exact) mass is 508 g/mol. The zero-order chi connectivity index (χ0) is 26.2. The SMILES string of the molecule is COc1ccc(CCN2C(=O)[C@@H](CC(=O)Nc3ccccc3C(F)(F)F)n3c2nc2ccccc23)cc1. The number of amides is 2. The van der Waals surface area contributed by atoms with E-state index < -0.39 is 23.7 Å². The summed E-state index contributed by atoms with van der Waals surface area (Å²) in [6, 6.07) is 18.5. The fourth-order valence-corrected chi connectivity index (χ4v) is 4.56. The van der Waals surface area contributed by atoms with Crippen LogP contribution in [0.1, 0.15) is 23.6 Å². The van der Waals surface area contributed by atoms with Crippen molar-refractivity contribution >= 4 is 34.5 Å². The number of ether oxygens (including phenoxy) is 1. The highest BCUT2D eigenvalue weighted by Gasteiger charge is 2.41. The molecule has 0 bridgehead atoms. The molecular formula is C27H23F3N4O3. The van der Waals surface area contributed by atoms with Crippen LogP contribution in [-0.4, -0.2) is 35.0 Å². The molecule has 0 unspecified atom stereocenters. The summed E-state index contributed by atoms with van der Waals surface area (Å²) in [5.41, 5.74) is 1.02. The van der Waals surface area contributed by atoms with Crippen molar-refractivity contribution in [3.63, 3.8) is 0 Å². The van der Waals surface area contributed by atoms with Gasteiger partial charge in [-0.25, -0.2) is 4.98 Å². The average molecular weight is 509 g/mol. The molecule has 0 radical (unpaired) electrons. The first-order valence-corrected chi connectivity index (χ1v) is 11.6. The first kappa shape index (κ1) is 24.4. The molecule has 10 heteroatoms. The predicted octanol–water partition coefficient (Wildman–Crippen LogP) is 5.22. The van der Waals surface area contributed by atoms with Gasteiger partial charge in [-0.3, -0.25) is 19.1 Å². The molecule has 2 amide bonds. The van der Waals surface area contributed by atoms with Gasteiger partial charge in [-0.05, 0) is 48.4 Å². The molecule has 1 aromatic heterocycles. The van der Waals surface area contributed by atoms with Crippen LogP contribution in [0.3, 0.4) is 0 Å². The molecule has 0 spiro atoms. The van der Waals surface area contributed by atoms with E-state index >= 15 is 0 Å². The van der Waals surface area contributed by atoms with Crippen LogP contribution in [0.4, 0.5) is 24.8 Å². The second-order valence-corrected chi connectivity index (χ2v) is 8.67. The molecule has 1 aliphatic heterocycles. The minimum Gasteiger partial charge on any atom is -0.497 e. The summed E-state index contributed by atoms with van der Waals surface area (Å²) >= 11 is 0. The van der Waals surface area contributed by atoms with E-state index in [1.165, 1.54) is 23.1 Å². The molecule has 3 aromatic carbocycles. The van der Waals surface area contributed by atoms with Crippen molar-refractivity contribution in [3.05, 3.63) is 83.9 Å². The third-order valence-electron chi connectivity index (χ3n) is 6.35. The molecule has 4 aromatic rings. The Kier molecular flexibility index (Phi) is 6.32. The average Bonchev–Trinajstić information content (AvgIpc) is 3.37. The number of nitrogens with one attached hydrogen (secondary N) is 1. The highest BCUT2D eigenvalue weighted by atomic mass is 19.4. The van der Waals surface area contributed by atoms with E-state index in [2.05, 4.69) is 10.3 Å². The Bertz CT molecular complexity index is 1460. The standard InChI is InChI=1S/C27H23F3N4O3/c1-37-18-12-10-17(11-13-18)14-15-33-25(36)23(34-22-9-5-4-8-21(22)32-26(33)34)16-24(35)31-20-7-3-2-6-19(20)27(28,29)30/h2-13,23H,14-16H2,1H3,(H,31,35)/t23-/m1/s1. The van der Waals surface area contributed by atoms with Crippen LogP contribution in [0.2, 0.25) is 0 Å². The van der Waals surface area contributed by atoms with Crippen molar-refractivity contribution in [2.24, 2.45) is 0 Å². The molecule has 0 saturated heterocycles. The number of methoxy groups -OCH3 is 1. The minimum absolute atomic E-state index is 0.323. The van der Waals surface area contributed by atoms with Gasteiger partial charge in [0.1, 0.15) is 11.8 Å². The normalized spacial score (nSPS) is 15.2. The quantitative estimate of drug-likeness (QED) is 0.371. The van der Waals surface area contributed by atoms with Crippen LogP contribution in [0.25, 0.3) is 11.0 Å². The number of carbonyl (C=O) groups excluding carboxylic acids is 2. The maximum atomic E-state index is 13.5. The number of nitrogens with zero attached hydrogens (tertiary/aromatic N) is 3. The Balaban J connectivity index is 1.40. The summed E-state index contributed by atoms with van der Waals surface area (Å²) in [5, 5.41) is 2.34. The lowest BCUT2D eigenvalue weighted by molar-refractivity contribution is -0.137. The van der Waals surface area contributed by atoms with Gasteiger partial charge in [-0.1, -0.05) is 36.4 Å². The van der Waals surface area contributed by atoms with Crippen molar-refractivity contribution in [2.45, 2.75) is 25.1 Å². The van der Waals surface area contributed by atoms with Gasteiger partial charge < -0.3 is 10.1 Å². The van der Waals surface area contributed by atoms with Gasteiger partial charge in [-0.15, -0.1) is 0 Å². The number of benzene rings is 3. The van der Waals surface area contributed by atoms with E-state index in [-0.39, 0.29) is 18.0 Å². The Hall–Kier alpha value is -4.34. The van der Waals surface area contributed by atoms with Crippen molar-refractivity contribution in [3.8, 4) is 5.75 Å². The number of fused-ring (bicyclic) bond motifs is 3. The van der Waals surface area contributed by atoms with Gasteiger partial charge in [0.2, 0.25) is 11.9 Å². The highest BCUT2D eigenvalue weighted by molar-refractivity contribution is 6.05. The zero-order valence-corrected chi connectivity index (χ0v) is 19.8. The Labute approximate surface area is 210 Å². The number of para-hydroxylation sites is 3. The molecule has 1 N–H and O–H groups in total. The number of alkyl halides is 3.